The molecule has 2 amide bonds. The summed E-state index contributed by atoms with van der Waals surface area (Å²) >= 11 is 3.55. The highest BCUT2D eigenvalue weighted by Gasteiger charge is 2.54. The molecule has 2 aromatic heterocycles. The molecular formula is C22H23N7O8S3. The number of nitrogens with one attached hydrogen (secondary N) is 1. The van der Waals surface area contributed by atoms with Crippen LogP contribution in [0.3, 0.4) is 0 Å². The zero-order valence-electron chi connectivity index (χ0n) is 21.2. The first-order valence-corrected chi connectivity index (χ1v) is 14.3. The van der Waals surface area contributed by atoms with Gasteiger partial charge in [0.2, 0.25) is 6.29 Å². The van der Waals surface area contributed by atoms with Gasteiger partial charge < -0.3 is 30.5 Å². The number of thiazole rings is 1. The lowest BCUT2D eigenvalue weighted by atomic mass is 10.0. The molecule has 1 saturated heterocycles. The molecule has 0 saturated carbocycles. The number of allylic oxidation sites excluding steroid dienone is 1. The monoisotopic (exact) mass is 609 g/mol. The predicted molar refractivity (Wildman–Crippen MR) is 144 cm³/mol. The van der Waals surface area contributed by atoms with Crippen molar-refractivity contribution in [1.82, 2.24) is 24.8 Å². The molecule has 2 aliphatic rings. The smallest absolute Gasteiger partial charge is 0.435 e. The van der Waals surface area contributed by atoms with Gasteiger partial charge in [0.25, 0.3) is 11.8 Å². The molecule has 0 aromatic carbocycles. The van der Waals surface area contributed by atoms with E-state index in [1.165, 1.54) is 40.5 Å². The van der Waals surface area contributed by atoms with Crippen molar-refractivity contribution in [2.75, 3.05) is 18.1 Å². The number of ether oxygens (including phenoxy) is 3. The number of rotatable bonds is 9. The van der Waals surface area contributed by atoms with Crippen molar-refractivity contribution in [3.63, 3.8) is 0 Å². The Bertz CT molecular complexity index is 1420. The number of β-lactam (4-membered cyclic amide) rings is 1. The Morgan fingerprint density at radius 3 is 2.75 bits per heavy atom. The maximum Gasteiger partial charge on any atom is 0.511 e. The number of hydrogen-bond donors (Lipinski definition) is 3. The second kappa shape index (κ2) is 12.4. The van der Waals surface area contributed by atoms with Crippen LogP contribution < -0.4 is 11.1 Å². The van der Waals surface area contributed by atoms with E-state index in [1.807, 2.05) is 6.92 Å². The van der Waals surface area contributed by atoms with E-state index in [2.05, 4.69) is 25.0 Å². The second-order valence-electron chi connectivity index (χ2n) is 8.08. The van der Waals surface area contributed by atoms with Gasteiger partial charge in [0.05, 0.1) is 6.61 Å². The molecule has 0 spiro atoms. The van der Waals surface area contributed by atoms with Crippen molar-refractivity contribution in [3.8, 4) is 0 Å². The fourth-order valence-electron chi connectivity index (χ4n) is 3.67. The Morgan fingerprint density at radius 2 is 2.12 bits per heavy atom. The minimum Gasteiger partial charge on any atom is -0.435 e. The summed E-state index contributed by atoms with van der Waals surface area (Å²) in [4.78, 5) is 56.9. The summed E-state index contributed by atoms with van der Waals surface area (Å²) < 4.78 is 18.8. The van der Waals surface area contributed by atoms with Gasteiger partial charge >= 0.3 is 12.1 Å². The Kier molecular flexibility index (Phi) is 9.00. The summed E-state index contributed by atoms with van der Waals surface area (Å²) in [5, 5.41) is 19.8. The normalized spacial score (nSPS) is 19.6. The third-order valence-electron chi connectivity index (χ3n) is 5.48. The third-order valence-corrected chi connectivity index (χ3v) is 8.11. The van der Waals surface area contributed by atoms with E-state index in [1.54, 1.807) is 19.1 Å². The lowest BCUT2D eigenvalue weighted by Gasteiger charge is -2.49. The number of carbonyl (C=O) groups excluding carboxylic acids is 4. The maximum absolute atomic E-state index is 13.3. The van der Waals surface area contributed by atoms with Crippen LogP contribution in [0.2, 0.25) is 0 Å². The maximum atomic E-state index is 13.3. The van der Waals surface area contributed by atoms with Gasteiger partial charge in [0.15, 0.2) is 10.8 Å². The summed E-state index contributed by atoms with van der Waals surface area (Å²) in [6, 6.07) is -1.04. The molecule has 15 nitrogen and oxygen atoms in total. The molecule has 40 heavy (non-hydrogen) atoms. The van der Waals surface area contributed by atoms with Gasteiger partial charge in [-0.15, -0.1) is 28.2 Å². The van der Waals surface area contributed by atoms with Crippen molar-refractivity contribution in [2.24, 2.45) is 5.16 Å². The topological polar surface area (TPSA) is 209 Å². The summed E-state index contributed by atoms with van der Waals surface area (Å²) in [6.07, 6.45) is 0.950. The van der Waals surface area contributed by atoms with Crippen molar-refractivity contribution >= 4 is 75.5 Å². The molecule has 2 aromatic rings. The van der Waals surface area contributed by atoms with Gasteiger partial charge in [-0.25, -0.2) is 14.6 Å². The van der Waals surface area contributed by atoms with Crippen LogP contribution in [0.1, 0.15) is 30.1 Å². The first-order valence-electron chi connectivity index (χ1n) is 11.6. The Morgan fingerprint density at radius 1 is 1.35 bits per heavy atom. The number of amides is 2. The molecular weight excluding hydrogens is 586 g/mol. The van der Waals surface area contributed by atoms with Crippen molar-refractivity contribution < 1.29 is 38.6 Å². The molecule has 4 rings (SSSR count). The first kappa shape index (κ1) is 29.0. The molecule has 0 aliphatic carbocycles. The standard InChI is InChI=1S/C22H23N7O8S3/c1-4-35-22(33)37-10(3)36-20(32)16-11(5-6-12-9(2)40-28-26-12)7-38-19-15(18(31)29(16)19)25-17(30)14(27-34)13-8-39-21(23)24-13/h5-6,8,10,15,19,34H,4,7H2,1-3H3,(H2,23,24)(H,25,30)/b6-5-,27-14-/t10?,15?,19-/m1/s1. The molecule has 2 unspecified atom stereocenters. The Labute approximate surface area is 239 Å². The van der Waals surface area contributed by atoms with Crippen molar-refractivity contribution in [3.05, 3.63) is 39.0 Å². The Hall–Kier alpha value is -4.03. The van der Waals surface area contributed by atoms with Gasteiger partial charge in [0.1, 0.15) is 28.5 Å². The number of esters is 1. The average molecular weight is 610 g/mol. The molecule has 18 heteroatoms. The van der Waals surface area contributed by atoms with Crippen LogP contribution in [0.5, 0.6) is 0 Å². The van der Waals surface area contributed by atoms with E-state index >= 15 is 0 Å². The molecule has 1 fully saturated rings. The fourth-order valence-corrected chi connectivity index (χ4v) is 5.99. The predicted octanol–water partition coefficient (Wildman–Crippen LogP) is 1.49. The van der Waals surface area contributed by atoms with Gasteiger partial charge in [-0.3, -0.25) is 14.5 Å². The summed E-state index contributed by atoms with van der Waals surface area (Å²) in [6.45, 7) is 4.82. The molecule has 3 atom stereocenters. The minimum atomic E-state index is -1.32. The Balaban J connectivity index is 1.56. The lowest BCUT2D eigenvalue weighted by Crippen LogP contribution is -2.71. The largest absolute Gasteiger partial charge is 0.511 e. The SMILES string of the molecule is CCOC(=O)OC(C)OC(=O)C1=C(/C=C\c2nnsc2C)CS[C@@H]2C(NC(=O)/C(=N\O)c3csc(N)n3)C(=O)N12. The van der Waals surface area contributed by atoms with Gasteiger partial charge in [-0.2, -0.15) is 0 Å². The van der Waals surface area contributed by atoms with Crippen LogP contribution in [-0.2, 0) is 28.6 Å². The van der Waals surface area contributed by atoms with E-state index in [-0.39, 0.29) is 28.9 Å². The van der Waals surface area contributed by atoms with E-state index in [0.29, 0.717) is 11.3 Å². The molecule has 2 aliphatic heterocycles. The van der Waals surface area contributed by atoms with Gasteiger partial charge in [-0.05, 0) is 37.0 Å². The fraction of sp³-hybridized carbons (Fsp3) is 0.364. The number of aromatic nitrogens is 3. The summed E-state index contributed by atoms with van der Waals surface area (Å²) in [5.41, 5.74) is 6.17. The molecule has 0 bridgehead atoms. The zero-order chi connectivity index (χ0) is 29.0. The van der Waals surface area contributed by atoms with Crippen LogP contribution in [0.15, 0.2) is 27.9 Å². The lowest BCUT2D eigenvalue weighted by molar-refractivity contribution is -0.168. The number of thioether (sulfide) groups is 1. The highest BCUT2D eigenvalue weighted by Crippen LogP contribution is 2.41. The molecule has 212 valence electrons. The van der Waals surface area contributed by atoms with Gasteiger partial charge in [0, 0.05) is 22.9 Å². The molecule has 4 heterocycles. The number of fused-ring (bicyclic) bond motifs is 1. The third kappa shape index (κ3) is 6.07. The molecule has 0 radical (unpaired) electrons. The number of anilines is 1. The number of nitrogens with two attached hydrogens (primary N) is 1. The van der Waals surface area contributed by atoms with Crippen molar-refractivity contribution in [2.45, 2.75) is 38.5 Å². The van der Waals surface area contributed by atoms with Gasteiger partial charge in [-0.1, -0.05) is 15.7 Å². The highest BCUT2D eigenvalue weighted by atomic mass is 32.2. The van der Waals surface area contributed by atoms with E-state index in [0.717, 1.165) is 16.2 Å². The quantitative estimate of drug-likeness (QED) is 0.0920. The number of nitrogens with zero attached hydrogens (tertiary/aromatic N) is 5. The summed E-state index contributed by atoms with van der Waals surface area (Å²) in [7, 11) is 0. The highest BCUT2D eigenvalue weighted by molar-refractivity contribution is 8.00. The van der Waals surface area contributed by atoms with Crippen LogP contribution >= 0.6 is 34.6 Å². The van der Waals surface area contributed by atoms with E-state index < -0.39 is 47.4 Å². The van der Waals surface area contributed by atoms with E-state index in [9.17, 15) is 24.4 Å². The van der Waals surface area contributed by atoms with Crippen LogP contribution in [0.4, 0.5) is 9.93 Å². The van der Waals surface area contributed by atoms with Crippen molar-refractivity contribution in [1.29, 1.82) is 0 Å². The average Bonchev–Trinajstić information content (AvgIpc) is 3.53. The van der Waals surface area contributed by atoms with Crippen LogP contribution in [0.25, 0.3) is 6.08 Å². The molecule has 4 N–H and O–H groups in total. The minimum absolute atomic E-state index is 0.0430. The number of hydrogen-bond acceptors (Lipinski definition) is 16. The number of carbonyl (C=O) groups is 4. The number of oxime groups is 1. The van der Waals surface area contributed by atoms with Crippen LogP contribution in [-0.4, -0.2) is 84.4 Å². The van der Waals surface area contributed by atoms with E-state index in [4.69, 9.17) is 19.9 Å². The summed E-state index contributed by atoms with van der Waals surface area (Å²) in [5.74, 6) is -2.13. The van der Waals surface area contributed by atoms with Crippen LogP contribution in [0, 0.1) is 6.92 Å². The first-order chi connectivity index (χ1) is 19.1. The number of aryl methyl sites for hydroxylation is 1. The zero-order valence-corrected chi connectivity index (χ0v) is 23.7. The second-order valence-corrected chi connectivity index (χ2v) is 11.0. The number of nitrogen functional groups attached to an aromatic ring is 1.